The number of hydrogen-bond acceptors (Lipinski definition) is 2. The van der Waals surface area contributed by atoms with Crippen LogP contribution in [0.2, 0.25) is 0 Å². The Morgan fingerprint density at radius 1 is 1.22 bits per heavy atom. The molecule has 2 aromatic heterocycles. The fourth-order valence-electron chi connectivity index (χ4n) is 2.67. The Bertz CT molecular complexity index is 501. The van der Waals surface area contributed by atoms with E-state index >= 15 is 0 Å². The first kappa shape index (κ1) is 11.5. The predicted octanol–water partition coefficient (Wildman–Crippen LogP) is 2.14. The van der Waals surface area contributed by atoms with Gasteiger partial charge < -0.3 is 14.2 Å². The Morgan fingerprint density at radius 2 is 2.11 bits per heavy atom. The second-order valence-corrected chi connectivity index (χ2v) is 5.04. The molecule has 1 atom stereocenters. The van der Waals surface area contributed by atoms with Crippen molar-refractivity contribution in [2.24, 2.45) is 0 Å². The van der Waals surface area contributed by atoms with Crippen LogP contribution in [0, 0.1) is 0 Å². The summed E-state index contributed by atoms with van der Waals surface area (Å²) in [5.41, 5.74) is 2.46. The number of aliphatic hydroxyl groups excluding tert-OH is 1. The lowest BCUT2D eigenvalue weighted by molar-refractivity contribution is 0.166. The number of fused-ring (bicyclic) bond motifs is 1. The molecular formula is C14H19N3O. The summed E-state index contributed by atoms with van der Waals surface area (Å²) in [5.74, 6) is 0. The van der Waals surface area contributed by atoms with E-state index in [9.17, 15) is 5.11 Å². The van der Waals surface area contributed by atoms with E-state index < -0.39 is 0 Å². The Balaban J connectivity index is 1.72. The molecule has 0 aromatic carbocycles. The minimum Gasteiger partial charge on any atom is -0.388 e. The van der Waals surface area contributed by atoms with Gasteiger partial charge in [0.05, 0.1) is 12.4 Å². The summed E-state index contributed by atoms with van der Waals surface area (Å²) < 4.78 is 4.26. The van der Waals surface area contributed by atoms with E-state index in [4.69, 9.17) is 0 Å². The van der Waals surface area contributed by atoms with Gasteiger partial charge in [-0.2, -0.15) is 0 Å². The third-order valence-corrected chi connectivity index (χ3v) is 3.71. The summed E-state index contributed by atoms with van der Waals surface area (Å²) in [6.07, 6.45) is 14.0. The summed E-state index contributed by atoms with van der Waals surface area (Å²) in [6.45, 7) is 1.85. The van der Waals surface area contributed by atoms with Crippen LogP contribution >= 0.6 is 0 Å². The molecule has 0 saturated carbocycles. The van der Waals surface area contributed by atoms with Crippen LogP contribution in [-0.4, -0.2) is 19.2 Å². The van der Waals surface area contributed by atoms with E-state index in [1.165, 1.54) is 12.0 Å². The highest BCUT2D eigenvalue weighted by atomic mass is 16.3. The van der Waals surface area contributed by atoms with Crippen LogP contribution in [-0.2, 0) is 19.5 Å². The standard InChI is InChI=1S/C14H19N3O/c18-14-4-2-1-3-12-9-17(10-13(12)14)8-7-16-6-5-15-11-16/h5-6,9-11,14,18H,1-4,7-8H2. The monoisotopic (exact) mass is 245 g/mol. The van der Waals surface area contributed by atoms with Crippen molar-refractivity contribution in [2.75, 3.05) is 0 Å². The van der Waals surface area contributed by atoms with Gasteiger partial charge in [0.1, 0.15) is 0 Å². The molecule has 2 aromatic rings. The lowest BCUT2D eigenvalue weighted by atomic mass is 10.1. The molecule has 0 saturated heterocycles. The van der Waals surface area contributed by atoms with Crippen molar-refractivity contribution < 1.29 is 5.11 Å². The van der Waals surface area contributed by atoms with Crippen LogP contribution in [0.5, 0.6) is 0 Å². The van der Waals surface area contributed by atoms with Gasteiger partial charge in [-0.1, -0.05) is 6.42 Å². The smallest absolute Gasteiger partial charge is 0.0946 e. The van der Waals surface area contributed by atoms with Gasteiger partial charge >= 0.3 is 0 Å². The molecule has 3 rings (SSSR count). The Morgan fingerprint density at radius 3 is 2.94 bits per heavy atom. The second kappa shape index (κ2) is 4.98. The first-order valence-corrected chi connectivity index (χ1v) is 6.65. The van der Waals surface area contributed by atoms with E-state index in [1.807, 2.05) is 12.5 Å². The molecule has 0 aliphatic heterocycles. The Hall–Kier alpha value is -1.55. The van der Waals surface area contributed by atoms with Crippen molar-refractivity contribution in [2.45, 2.75) is 44.9 Å². The number of aryl methyl sites for hydroxylation is 3. The molecule has 0 spiro atoms. The number of aliphatic hydroxyl groups is 1. The van der Waals surface area contributed by atoms with Crippen molar-refractivity contribution in [1.29, 1.82) is 0 Å². The molecule has 1 aliphatic rings. The van der Waals surface area contributed by atoms with Crippen molar-refractivity contribution in [3.05, 3.63) is 42.2 Å². The van der Waals surface area contributed by atoms with Gasteiger partial charge in [0, 0.05) is 43.4 Å². The van der Waals surface area contributed by atoms with Crippen LogP contribution < -0.4 is 0 Å². The molecular weight excluding hydrogens is 226 g/mol. The molecule has 4 nitrogen and oxygen atoms in total. The van der Waals surface area contributed by atoms with E-state index in [1.54, 1.807) is 6.20 Å². The molecule has 1 unspecified atom stereocenters. The van der Waals surface area contributed by atoms with E-state index in [0.29, 0.717) is 0 Å². The third kappa shape index (κ3) is 2.34. The fourth-order valence-corrected chi connectivity index (χ4v) is 2.67. The first-order valence-electron chi connectivity index (χ1n) is 6.65. The van der Waals surface area contributed by atoms with Gasteiger partial charge in [0.2, 0.25) is 0 Å². The lowest BCUT2D eigenvalue weighted by Gasteiger charge is -2.06. The molecule has 0 bridgehead atoms. The summed E-state index contributed by atoms with van der Waals surface area (Å²) in [7, 11) is 0. The average molecular weight is 245 g/mol. The van der Waals surface area contributed by atoms with Crippen molar-refractivity contribution in [1.82, 2.24) is 14.1 Å². The van der Waals surface area contributed by atoms with Crippen LogP contribution in [0.1, 0.15) is 36.5 Å². The maximum absolute atomic E-state index is 10.1. The fraction of sp³-hybridized carbons (Fsp3) is 0.500. The summed E-state index contributed by atoms with van der Waals surface area (Å²) >= 11 is 0. The molecule has 1 aliphatic carbocycles. The van der Waals surface area contributed by atoms with Gasteiger partial charge in [-0.3, -0.25) is 0 Å². The summed E-state index contributed by atoms with van der Waals surface area (Å²) in [4.78, 5) is 4.04. The number of nitrogens with zero attached hydrogens (tertiary/aromatic N) is 3. The Kier molecular flexibility index (Phi) is 3.19. The molecule has 0 radical (unpaired) electrons. The number of imidazole rings is 1. The second-order valence-electron chi connectivity index (χ2n) is 5.04. The topological polar surface area (TPSA) is 43.0 Å². The van der Waals surface area contributed by atoms with Crippen LogP contribution in [0.3, 0.4) is 0 Å². The van der Waals surface area contributed by atoms with Crippen molar-refractivity contribution >= 4 is 0 Å². The highest BCUT2D eigenvalue weighted by Crippen LogP contribution is 2.29. The predicted molar refractivity (Wildman–Crippen MR) is 69.2 cm³/mol. The largest absolute Gasteiger partial charge is 0.388 e. The highest BCUT2D eigenvalue weighted by molar-refractivity contribution is 5.27. The molecule has 4 heteroatoms. The third-order valence-electron chi connectivity index (χ3n) is 3.71. The SMILES string of the molecule is OC1CCCCc2cn(CCn3ccnc3)cc21. The quantitative estimate of drug-likeness (QED) is 0.842. The van der Waals surface area contributed by atoms with E-state index in [-0.39, 0.29) is 6.10 Å². The number of hydrogen-bond donors (Lipinski definition) is 1. The van der Waals surface area contributed by atoms with Crippen LogP contribution in [0.4, 0.5) is 0 Å². The van der Waals surface area contributed by atoms with Crippen LogP contribution in [0.25, 0.3) is 0 Å². The van der Waals surface area contributed by atoms with Gasteiger partial charge in [0.25, 0.3) is 0 Å². The maximum atomic E-state index is 10.1. The van der Waals surface area contributed by atoms with E-state index in [0.717, 1.165) is 37.9 Å². The molecule has 0 amide bonds. The van der Waals surface area contributed by atoms with Gasteiger partial charge in [0.15, 0.2) is 0 Å². The lowest BCUT2D eigenvalue weighted by Crippen LogP contribution is -2.04. The average Bonchev–Trinajstić information content (AvgIpc) is 2.98. The minimum atomic E-state index is -0.267. The van der Waals surface area contributed by atoms with Gasteiger partial charge in [-0.25, -0.2) is 4.98 Å². The zero-order valence-electron chi connectivity index (χ0n) is 10.5. The Labute approximate surface area is 107 Å². The highest BCUT2D eigenvalue weighted by Gasteiger charge is 2.18. The van der Waals surface area contributed by atoms with Crippen molar-refractivity contribution in [3.8, 4) is 0 Å². The normalized spacial score (nSPS) is 19.5. The number of aromatic nitrogens is 3. The molecule has 2 heterocycles. The zero-order valence-corrected chi connectivity index (χ0v) is 10.5. The minimum absolute atomic E-state index is 0.267. The summed E-state index contributed by atoms with van der Waals surface area (Å²) in [6, 6.07) is 0. The maximum Gasteiger partial charge on any atom is 0.0946 e. The first-order chi connectivity index (χ1) is 8.83. The molecule has 1 N–H and O–H groups in total. The van der Waals surface area contributed by atoms with Crippen LogP contribution in [0.15, 0.2) is 31.1 Å². The molecule has 96 valence electrons. The summed E-state index contributed by atoms with van der Waals surface area (Å²) in [5, 5.41) is 10.1. The van der Waals surface area contributed by atoms with Gasteiger partial charge in [-0.05, 0) is 24.8 Å². The molecule has 18 heavy (non-hydrogen) atoms. The zero-order chi connectivity index (χ0) is 12.4. The van der Waals surface area contributed by atoms with Gasteiger partial charge in [-0.15, -0.1) is 0 Å². The van der Waals surface area contributed by atoms with E-state index in [2.05, 4.69) is 26.5 Å². The molecule has 0 fully saturated rings. The number of rotatable bonds is 3. The van der Waals surface area contributed by atoms with Crippen molar-refractivity contribution in [3.63, 3.8) is 0 Å².